The monoisotopic (exact) mass is 291 g/mol. The van der Waals surface area contributed by atoms with Gasteiger partial charge in [-0.3, -0.25) is 4.98 Å². The molecule has 1 amide bonds. The third-order valence-electron chi connectivity index (χ3n) is 3.42. The van der Waals surface area contributed by atoms with Crippen LogP contribution >= 0.6 is 0 Å². The van der Waals surface area contributed by atoms with E-state index < -0.39 is 5.60 Å². The molecule has 1 saturated heterocycles. The summed E-state index contributed by atoms with van der Waals surface area (Å²) in [4.78, 5) is 18.2. The number of carbonyl (C=O) groups is 1. The van der Waals surface area contributed by atoms with E-state index in [4.69, 9.17) is 4.74 Å². The molecule has 5 nitrogen and oxygen atoms in total. The lowest BCUT2D eigenvalue weighted by molar-refractivity contribution is 0.0235. The van der Waals surface area contributed by atoms with Crippen molar-refractivity contribution in [3.63, 3.8) is 0 Å². The first-order chi connectivity index (χ1) is 9.85. The van der Waals surface area contributed by atoms with Gasteiger partial charge in [0.1, 0.15) is 5.60 Å². The van der Waals surface area contributed by atoms with Gasteiger partial charge in [-0.1, -0.05) is 0 Å². The molecule has 116 valence electrons. The highest BCUT2D eigenvalue weighted by Crippen LogP contribution is 2.21. The Hall–Kier alpha value is -1.78. The third-order valence-corrected chi connectivity index (χ3v) is 3.42. The van der Waals surface area contributed by atoms with Gasteiger partial charge < -0.3 is 15.0 Å². The average molecular weight is 291 g/mol. The summed E-state index contributed by atoms with van der Waals surface area (Å²) in [5, 5.41) is 3.36. The first-order valence-corrected chi connectivity index (χ1v) is 7.50. The Morgan fingerprint density at radius 2 is 2.24 bits per heavy atom. The Balaban J connectivity index is 1.91. The Morgan fingerprint density at radius 3 is 2.90 bits per heavy atom. The zero-order valence-corrected chi connectivity index (χ0v) is 13.3. The minimum absolute atomic E-state index is 0.181. The fourth-order valence-electron chi connectivity index (χ4n) is 2.50. The van der Waals surface area contributed by atoms with Gasteiger partial charge in [0, 0.05) is 25.5 Å². The van der Waals surface area contributed by atoms with Crippen LogP contribution in [0.3, 0.4) is 0 Å². The van der Waals surface area contributed by atoms with Crippen molar-refractivity contribution < 1.29 is 9.53 Å². The van der Waals surface area contributed by atoms with Crippen LogP contribution in [-0.4, -0.2) is 40.7 Å². The van der Waals surface area contributed by atoms with Gasteiger partial charge in [0.25, 0.3) is 0 Å². The van der Waals surface area contributed by atoms with E-state index in [1.54, 1.807) is 6.20 Å². The summed E-state index contributed by atoms with van der Waals surface area (Å²) < 4.78 is 5.47. The van der Waals surface area contributed by atoms with E-state index in [1.165, 1.54) is 0 Å². The summed E-state index contributed by atoms with van der Waals surface area (Å²) in [7, 11) is 0. The molecule has 21 heavy (non-hydrogen) atoms. The standard InChI is InChI=1S/C16H25N3O2/c1-12-8-13(10-17-9-12)18-11-14-6-5-7-19(14)15(20)21-16(2,3)4/h8-10,14,18H,5-7,11H2,1-4H3. The van der Waals surface area contributed by atoms with Crippen LogP contribution in [0.5, 0.6) is 0 Å². The smallest absolute Gasteiger partial charge is 0.410 e. The van der Waals surface area contributed by atoms with Crippen LogP contribution in [0.2, 0.25) is 0 Å². The summed E-state index contributed by atoms with van der Waals surface area (Å²) >= 11 is 0. The highest BCUT2D eigenvalue weighted by Gasteiger charge is 2.31. The first-order valence-electron chi connectivity index (χ1n) is 7.50. The van der Waals surface area contributed by atoms with Crippen molar-refractivity contribution in [2.24, 2.45) is 0 Å². The highest BCUT2D eigenvalue weighted by atomic mass is 16.6. The first kappa shape index (κ1) is 15.6. The van der Waals surface area contributed by atoms with Crippen molar-refractivity contribution >= 4 is 11.8 Å². The summed E-state index contributed by atoms with van der Waals surface area (Å²) in [6.45, 7) is 9.20. The fourth-order valence-corrected chi connectivity index (χ4v) is 2.50. The second-order valence-corrected chi connectivity index (χ2v) is 6.60. The SMILES string of the molecule is Cc1cncc(NCC2CCCN2C(=O)OC(C)(C)C)c1. The Morgan fingerprint density at radius 1 is 1.48 bits per heavy atom. The number of pyridine rings is 1. The van der Waals surface area contributed by atoms with Crippen LogP contribution in [0.1, 0.15) is 39.2 Å². The van der Waals surface area contributed by atoms with E-state index >= 15 is 0 Å². The van der Waals surface area contributed by atoms with Crippen LogP contribution in [0.15, 0.2) is 18.5 Å². The van der Waals surface area contributed by atoms with Crippen molar-refractivity contribution in [1.82, 2.24) is 9.88 Å². The number of nitrogens with one attached hydrogen (secondary N) is 1. The molecular weight excluding hydrogens is 266 g/mol. The van der Waals surface area contributed by atoms with Crippen LogP contribution < -0.4 is 5.32 Å². The number of carbonyl (C=O) groups excluding carboxylic acids is 1. The predicted octanol–water partition coefficient (Wildman–Crippen LogP) is 3.20. The van der Waals surface area contributed by atoms with Crippen molar-refractivity contribution in [3.05, 3.63) is 24.0 Å². The zero-order valence-electron chi connectivity index (χ0n) is 13.3. The molecule has 1 aromatic heterocycles. The normalized spacial score (nSPS) is 18.7. The van der Waals surface area contributed by atoms with Crippen LogP contribution in [0, 0.1) is 6.92 Å². The number of nitrogens with zero attached hydrogens (tertiary/aromatic N) is 2. The molecule has 1 aliphatic heterocycles. The molecule has 1 fully saturated rings. The predicted molar refractivity (Wildman–Crippen MR) is 83.4 cm³/mol. The maximum absolute atomic E-state index is 12.2. The largest absolute Gasteiger partial charge is 0.444 e. The van der Waals surface area contributed by atoms with Gasteiger partial charge in [0.05, 0.1) is 11.7 Å². The number of amides is 1. The Kier molecular flexibility index (Phi) is 4.70. The lowest BCUT2D eigenvalue weighted by atomic mass is 10.2. The molecule has 1 unspecified atom stereocenters. The number of likely N-dealkylation sites (tertiary alicyclic amines) is 1. The molecule has 0 saturated carbocycles. The molecule has 1 N–H and O–H groups in total. The fraction of sp³-hybridized carbons (Fsp3) is 0.625. The van der Waals surface area contributed by atoms with E-state index in [0.29, 0.717) is 0 Å². The maximum Gasteiger partial charge on any atom is 0.410 e. The topological polar surface area (TPSA) is 54.5 Å². The second-order valence-electron chi connectivity index (χ2n) is 6.60. The Labute approximate surface area is 126 Å². The van der Waals surface area contributed by atoms with Crippen molar-refractivity contribution in [1.29, 1.82) is 0 Å². The molecule has 0 radical (unpaired) electrons. The maximum atomic E-state index is 12.2. The van der Waals surface area contributed by atoms with Gasteiger partial charge in [-0.25, -0.2) is 4.79 Å². The minimum Gasteiger partial charge on any atom is -0.444 e. The van der Waals surface area contributed by atoms with Crippen LogP contribution in [0.4, 0.5) is 10.5 Å². The molecule has 2 heterocycles. The Bertz CT molecular complexity index is 497. The van der Waals surface area contributed by atoms with Crippen molar-refractivity contribution in [2.75, 3.05) is 18.4 Å². The van der Waals surface area contributed by atoms with E-state index in [1.807, 2.05) is 38.8 Å². The number of rotatable bonds is 3. The molecule has 0 bridgehead atoms. The van der Waals surface area contributed by atoms with Gasteiger partial charge in [-0.05, 0) is 52.2 Å². The molecular formula is C16H25N3O2. The van der Waals surface area contributed by atoms with Gasteiger partial charge in [0.15, 0.2) is 0 Å². The number of aromatic nitrogens is 1. The summed E-state index contributed by atoms with van der Waals surface area (Å²) in [5.74, 6) is 0. The number of hydrogen-bond donors (Lipinski definition) is 1. The van der Waals surface area contributed by atoms with Crippen molar-refractivity contribution in [3.8, 4) is 0 Å². The van der Waals surface area contributed by atoms with E-state index in [-0.39, 0.29) is 12.1 Å². The molecule has 1 atom stereocenters. The summed E-state index contributed by atoms with van der Waals surface area (Å²) in [5.41, 5.74) is 1.67. The van der Waals surface area contributed by atoms with Crippen molar-refractivity contribution in [2.45, 2.75) is 52.2 Å². The number of ether oxygens (including phenoxy) is 1. The number of hydrogen-bond acceptors (Lipinski definition) is 4. The second kappa shape index (κ2) is 6.33. The highest BCUT2D eigenvalue weighted by molar-refractivity contribution is 5.69. The molecule has 2 rings (SSSR count). The van der Waals surface area contributed by atoms with Gasteiger partial charge in [-0.15, -0.1) is 0 Å². The van der Waals surface area contributed by atoms with Gasteiger partial charge >= 0.3 is 6.09 Å². The lowest BCUT2D eigenvalue weighted by Crippen LogP contribution is -2.42. The molecule has 5 heteroatoms. The van der Waals surface area contributed by atoms with Gasteiger partial charge in [-0.2, -0.15) is 0 Å². The third kappa shape index (κ3) is 4.62. The van der Waals surface area contributed by atoms with Crippen LogP contribution in [-0.2, 0) is 4.74 Å². The zero-order chi connectivity index (χ0) is 15.5. The van der Waals surface area contributed by atoms with Gasteiger partial charge in [0.2, 0.25) is 0 Å². The average Bonchev–Trinajstić information content (AvgIpc) is 2.83. The molecule has 0 aliphatic carbocycles. The minimum atomic E-state index is -0.446. The van der Waals surface area contributed by atoms with E-state index in [0.717, 1.165) is 37.2 Å². The quantitative estimate of drug-likeness (QED) is 0.929. The lowest BCUT2D eigenvalue weighted by Gasteiger charge is -2.28. The van der Waals surface area contributed by atoms with E-state index in [2.05, 4.69) is 16.4 Å². The molecule has 1 aliphatic rings. The molecule has 0 spiro atoms. The van der Waals surface area contributed by atoms with Crippen LogP contribution in [0.25, 0.3) is 0 Å². The molecule has 1 aromatic rings. The number of anilines is 1. The van der Waals surface area contributed by atoms with E-state index in [9.17, 15) is 4.79 Å². The summed E-state index contributed by atoms with van der Waals surface area (Å²) in [6, 6.07) is 2.24. The number of aryl methyl sites for hydroxylation is 1. The molecule has 0 aromatic carbocycles. The summed E-state index contributed by atoms with van der Waals surface area (Å²) in [6.07, 6.45) is 5.45.